The Morgan fingerprint density at radius 2 is 2.38 bits per heavy atom. The zero-order valence-electron chi connectivity index (χ0n) is 9.64. The van der Waals surface area contributed by atoms with Gasteiger partial charge in [-0.25, -0.2) is 4.98 Å². The van der Waals surface area contributed by atoms with Gasteiger partial charge in [0, 0.05) is 24.7 Å². The van der Waals surface area contributed by atoms with Gasteiger partial charge in [0.05, 0.1) is 17.9 Å². The van der Waals surface area contributed by atoms with Crippen molar-refractivity contribution in [2.24, 2.45) is 7.05 Å². The Hall–Kier alpha value is -1.27. The fourth-order valence-electron chi connectivity index (χ4n) is 1.39. The van der Waals surface area contributed by atoms with E-state index in [9.17, 15) is 0 Å². The minimum Gasteiger partial charge on any atom is -0.302 e. The Bertz CT molecular complexity index is 461. The van der Waals surface area contributed by atoms with E-state index < -0.39 is 0 Å². The van der Waals surface area contributed by atoms with Crippen molar-refractivity contribution in [2.45, 2.75) is 26.4 Å². The lowest BCUT2D eigenvalue weighted by Crippen LogP contribution is -2.19. The number of hydrogen-bond acceptors (Lipinski definition) is 5. The van der Waals surface area contributed by atoms with E-state index in [-0.39, 0.29) is 6.04 Å². The Balaban J connectivity index is 1.93. The van der Waals surface area contributed by atoms with Gasteiger partial charge in [-0.1, -0.05) is 5.21 Å². The van der Waals surface area contributed by atoms with Crippen LogP contribution in [0.3, 0.4) is 0 Å². The van der Waals surface area contributed by atoms with E-state index in [1.165, 1.54) is 0 Å². The maximum atomic E-state index is 4.45. The maximum Gasteiger partial charge on any atom is 0.110 e. The fourth-order valence-corrected chi connectivity index (χ4v) is 2.22. The molecule has 6 heteroatoms. The van der Waals surface area contributed by atoms with Crippen molar-refractivity contribution in [1.82, 2.24) is 25.3 Å². The molecule has 1 unspecified atom stereocenters. The molecule has 86 valence electrons. The second-order valence-electron chi connectivity index (χ2n) is 3.78. The summed E-state index contributed by atoms with van der Waals surface area (Å²) >= 11 is 1.69. The average molecular weight is 237 g/mol. The number of nitrogens with one attached hydrogen (secondary N) is 1. The highest BCUT2D eigenvalue weighted by atomic mass is 32.1. The van der Waals surface area contributed by atoms with E-state index in [0.29, 0.717) is 0 Å². The van der Waals surface area contributed by atoms with Crippen molar-refractivity contribution in [3.05, 3.63) is 28.0 Å². The first-order valence-electron chi connectivity index (χ1n) is 5.16. The molecule has 0 fully saturated rings. The summed E-state index contributed by atoms with van der Waals surface area (Å²) in [6.07, 6.45) is 1.77. The van der Waals surface area contributed by atoms with Crippen LogP contribution >= 0.6 is 11.3 Å². The topological polar surface area (TPSA) is 55.6 Å². The van der Waals surface area contributed by atoms with Gasteiger partial charge in [0.15, 0.2) is 0 Å². The van der Waals surface area contributed by atoms with Crippen LogP contribution in [-0.4, -0.2) is 20.0 Å². The van der Waals surface area contributed by atoms with E-state index in [1.807, 2.05) is 14.0 Å². The van der Waals surface area contributed by atoms with Crippen molar-refractivity contribution in [1.29, 1.82) is 0 Å². The summed E-state index contributed by atoms with van der Waals surface area (Å²) < 4.78 is 1.77. The molecule has 2 aromatic rings. The van der Waals surface area contributed by atoms with E-state index in [1.54, 1.807) is 22.2 Å². The minimum atomic E-state index is 0.258. The molecule has 0 aliphatic heterocycles. The Morgan fingerprint density at radius 3 is 2.94 bits per heavy atom. The van der Waals surface area contributed by atoms with Crippen LogP contribution in [0.5, 0.6) is 0 Å². The second-order valence-corrected chi connectivity index (χ2v) is 4.67. The molecule has 1 N–H and O–H groups in total. The van der Waals surface area contributed by atoms with Crippen molar-refractivity contribution in [3.63, 3.8) is 0 Å². The normalized spacial score (nSPS) is 12.9. The quantitative estimate of drug-likeness (QED) is 0.874. The van der Waals surface area contributed by atoms with Crippen LogP contribution in [0.15, 0.2) is 11.6 Å². The minimum absolute atomic E-state index is 0.258. The predicted molar refractivity (Wildman–Crippen MR) is 63.1 cm³/mol. The smallest absolute Gasteiger partial charge is 0.110 e. The van der Waals surface area contributed by atoms with Crippen LogP contribution in [0.2, 0.25) is 0 Å². The van der Waals surface area contributed by atoms with Gasteiger partial charge in [-0.3, -0.25) is 4.68 Å². The number of rotatable bonds is 4. The highest BCUT2D eigenvalue weighted by Gasteiger charge is 2.09. The molecule has 0 bridgehead atoms. The Labute approximate surface area is 98.5 Å². The van der Waals surface area contributed by atoms with Crippen molar-refractivity contribution in [2.75, 3.05) is 0 Å². The second kappa shape index (κ2) is 4.71. The third kappa shape index (κ3) is 2.45. The molecule has 1 atom stereocenters. The van der Waals surface area contributed by atoms with Gasteiger partial charge >= 0.3 is 0 Å². The van der Waals surface area contributed by atoms with Crippen molar-refractivity contribution >= 4 is 11.3 Å². The predicted octanol–water partition coefficient (Wildman–Crippen LogP) is 1.43. The fraction of sp³-hybridized carbons (Fsp3) is 0.500. The molecule has 0 aromatic carbocycles. The number of thiazole rings is 1. The number of nitrogens with zero attached hydrogens (tertiary/aromatic N) is 4. The number of hydrogen-bond donors (Lipinski definition) is 1. The van der Waals surface area contributed by atoms with E-state index in [4.69, 9.17) is 0 Å². The van der Waals surface area contributed by atoms with Crippen LogP contribution in [0, 0.1) is 6.92 Å². The summed E-state index contributed by atoms with van der Waals surface area (Å²) in [6, 6.07) is 0.258. The van der Waals surface area contributed by atoms with Gasteiger partial charge < -0.3 is 5.32 Å². The lowest BCUT2D eigenvalue weighted by atomic mass is 10.3. The molecular weight excluding hydrogens is 222 g/mol. The lowest BCUT2D eigenvalue weighted by molar-refractivity contribution is 0.544. The first-order chi connectivity index (χ1) is 7.66. The molecule has 0 saturated carbocycles. The first kappa shape index (κ1) is 11.2. The van der Waals surface area contributed by atoms with Gasteiger partial charge in [0.1, 0.15) is 5.01 Å². The van der Waals surface area contributed by atoms with E-state index >= 15 is 0 Å². The molecule has 16 heavy (non-hydrogen) atoms. The van der Waals surface area contributed by atoms with Gasteiger partial charge in [-0.15, -0.1) is 16.4 Å². The molecule has 0 saturated heterocycles. The molecule has 2 rings (SSSR count). The zero-order chi connectivity index (χ0) is 11.5. The summed E-state index contributed by atoms with van der Waals surface area (Å²) in [7, 11) is 1.89. The number of aromatic nitrogens is 4. The van der Waals surface area contributed by atoms with Crippen LogP contribution in [0.4, 0.5) is 0 Å². The van der Waals surface area contributed by atoms with E-state index in [2.05, 4.69) is 32.9 Å². The zero-order valence-corrected chi connectivity index (χ0v) is 10.5. The van der Waals surface area contributed by atoms with Crippen LogP contribution in [0.1, 0.15) is 29.4 Å². The summed E-state index contributed by atoms with van der Waals surface area (Å²) in [5.41, 5.74) is 2.15. The Kier molecular flexibility index (Phi) is 3.31. The first-order valence-corrected chi connectivity index (χ1v) is 6.03. The molecule has 0 aliphatic carbocycles. The molecular formula is C10H15N5S. The highest BCUT2D eigenvalue weighted by Crippen LogP contribution is 2.17. The van der Waals surface area contributed by atoms with E-state index in [0.717, 1.165) is 22.9 Å². The monoisotopic (exact) mass is 237 g/mol. The van der Waals surface area contributed by atoms with Gasteiger partial charge in [-0.05, 0) is 13.8 Å². The van der Waals surface area contributed by atoms with Gasteiger partial charge in [0.25, 0.3) is 0 Å². The van der Waals surface area contributed by atoms with Gasteiger partial charge in [0.2, 0.25) is 0 Å². The lowest BCUT2D eigenvalue weighted by Gasteiger charge is -2.10. The third-order valence-corrected chi connectivity index (χ3v) is 3.55. The van der Waals surface area contributed by atoms with Crippen molar-refractivity contribution in [3.8, 4) is 0 Å². The largest absolute Gasteiger partial charge is 0.302 e. The standard InChI is InChI=1S/C10H15N5S/c1-7-6-16-10(13-7)8(2)11-4-9-5-12-14-15(9)3/h5-6,8,11H,4H2,1-3H3. The average Bonchev–Trinajstić information content (AvgIpc) is 2.84. The van der Waals surface area contributed by atoms with Crippen LogP contribution < -0.4 is 5.32 Å². The molecule has 5 nitrogen and oxygen atoms in total. The van der Waals surface area contributed by atoms with Crippen LogP contribution in [0.25, 0.3) is 0 Å². The molecule has 2 heterocycles. The Morgan fingerprint density at radius 1 is 1.56 bits per heavy atom. The highest BCUT2D eigenvalue weighted by molar-refractivity contribution is 7.09. The van der Waals surface area contributed by atoms with Gasteiger partial charge in [-0.2, -0.15) is 0 Å². The molecule has 0 amide bonds. The third-order valence-electron chi connectivity index (χ3n) is 2.40. The van der Waals surface area contributed by atoms with Crippen molar-refractivity contribution < 1.29 is 0 Å². The SMILES string of the molecule is Cc1csc(C(C)NCc2cnnn2C)n1. The number of aryl methyl sites for hydroxylation is 2. The molecule has 2 aromatic heterocycles. The van der Waals surface area contributed by atoms with Crippen LogP contribution in [-0.2, 0) is 13.6 Å². The summed E-state index contributed by atoms with van der Waals surface area (Å²) in [4.78, 5) is 4.45. The summed E-state index contributed by atoms with van der Waals surface area (Å²) in [5, 5.41) is 14.3. The maximum absolute atomic E-state index is 4.45. The summed E-state index contributed by atoms with van der Waals surface area (Å²) in [5.74, 6) is 0. The molecule has 0 spiro atoms. The molecule has 0 aliphatic rings. The molecule has 0 radical (unpaired) electrons. The summed E-state index contributed by atoms with van der Waals surface area (Å²) in [6.45, 7) is 4.88.